The third-order valence-electron chi connectivity index (χ3n) is 4.00. The quantitative estimate of drug-likeness (QED) is 0.521. The molecule has 3 aliphatic rings. The van der Waals surface area contributed by atoms with Gasteiger partial charge in [-0.1, -0.05) is 18.1 Å². The summed E-state index contributed by atoms with van der Waals surface area (Å²) in [7, 11) is 0. The van der Waals surface area contributed by atoms with E-state index >= 15 is 0 Å². The lowest BCUT2D eigenvalue weighted by Gasteiger charge is -2.20. The van der Waals surface area contributed by atoms with Crippen molar-refractivity contribution in [3.63, 3.8) is 0 Å². The fourth-order valence-electron chi connectivity index (χ4n) is 3.38. The van der Waals surface area contributed by atoms with E-state index in [-0.39, 0.29) is 0 Å². The lowest BCUT2D eigenvalue weighted by molar-refractivity contribution is 0.467. The molecule has 1 fully saturated rings. The highest BCUT2D eigenvalue weighted by atomic mass is 14.4. The van der Waals surface area contributed by atoms with E-state index in [1.165, 1.54) is 51.4 Å². The summed E-state index contributed by atoms with van der Waals surface area (Å²) >= 11 is 0. The topological polar surface area (TPSA) is 0 Å². The first-order valence-corrected chi connectivity index (χ1v) is 5.86. The highest BCUT2D eigenvalue weighted by molar-refractivity contribution is 5.44. The predicted octanol–water partition coefficient (Wildman–Crippen LogP) is 3.99. The first-order chi connectivity index (χ1) is 6.45. The minimum Gasteiger partial charge on any atom is -0.0810 e. The van der Waals surface area contributed by atoms with Gasteiger partial charge in [0.1, 0.15) is 0 Å². The van der Waals surface area contributed by atoms with Gasteiger partial charge >= 0.3 is 0 Å². The summed E-state index contributed by atoms with van der Waals surface area (Å²) in [6, 6.07) is 0. The van der Waals surface area contributed by atoms with Gasteiger partial charge in [0.2, 0.25) is 0 Å². The Morgan fingerprint density at radius 3 is 3.08 bits per heavy atom. The van der Waals surface area contributed by atoms with Gasteiger partial charge in [-0.2, -0.15) is 0 Å². The zero-order chi connectivity index (χ0) is 8.67. The van der Waals surface area contributed by atoms with Crippen molar-refractivity contribution in [3.8, 4) is 0 Å². The number of allylic oxidation sites excluding steroid dienone is 4. The predicted molar refractivity (Wildman–Crippen MR) is 55.5 cm³/mol. The van der Waals surface area contributed by atoms with Crippen molar-refractivity contribution in [2.75, 3.05) is 0 Å². The van der Waals surface area contributed by atoms with Crippen LogP contribution in [0.2, 0.25) is 0 Å². The van der Waals surface area contributed by atoms with Gasteiger partial charge in [0.15, 0.2) is 0 Å². The molecule has 0 aliphatic heterocycles. The summed E-state index contributed by atoms with van der Waals surface area (Å²) in [6.07, 6.45) is 13.9. The molecule has 0 amide bonds. The van der Waals surface area contributed by atoms with Gasteiger partial charge in [-0.25, -0.2) is 0 Å². The number of rotatable bonds is 0. The molecule has 0 spiro atoms. The fraction of sp³-hybridized carbons (Fsp3) is 0.692. The normalized spacial score (nSPS) is 32.6. The van der Waals surface area contributed by atoms with Crippen molar-refractivity contribution in [1.82, 2.24) is 0 Å². The fourth-order valence-corrected chi connectivity index (χ4v) is 3.38. The van der Waals surface area contributed by atoms with Gasteiger partial charge in [-0.05, 0) is 62.0 Å². The Kier molecular flexibility index (Phi) is 1.81. The van der Waals surface area contributed by atoms with E-state index < -0.39 is 0 Å². The summed E-state index contributed by atoms with van der Waals surface area (Å²) in [5.41, 5.74) is 5.42. The Labute approximate surface area is 80.7 Å². The molecule has 0 bridgehead atoms. The average Bonchev–Trinajstić information content (AvgIpc) is 2.56. The van der Waals surface area contributed by atoms with Gasteiger partial charge in [-0.15, -0.1) is 0 Å². The number of fused-ring (bicyclic) bond motifs is 2. The van der Waals surface area contributed by atoms with Crippen LogP contribution in [-0.2, 0) is 0 Å². The molecular weight excluding hydrogens is 156 g/mol. The maximum absolute atomic E-state index is 2.52. The van der Waals surface area contributed by atoms with Crippen LogP contribution in [0.25, 0.3) is 0 Å². The van der Waals surface area contributed by atoms with Crippen molar-refractivity contribution < 1.29 is 0 Å². The smallest absolute Gasteiger partial charge is 0.0157 e. The van der Waals surface area contributed by atoms with Gasteiger partial charge in [0.25, 0.3) is 0 Å². The molecule has 70 valence electrons. The van der Waals surface area contributed by atoms with Crippen LogP contribution in [0, 0.1) is 5.92 Å². The Bertz CT molecular complexity index is 280. The first kappa shape index (κ1) is 7.84. The monoisotopic (exact) mass is 174 g/mol. The molecule has 1 unspecified atom stereocenters. The molecule has 0 N–H and O–H groups in total. The third kappa shape index (κ3) is 1.19. The molecule has 0 aromatic carbocycles. The Balaban J connectivity index is 1.99. The molecule has 3 rings (SSSR count). The van der Waals surface area contributed by atoms with Crippen LogP contribution in [0.15, 0.2) is 22.8 Å². The second-order valence-corrected chi connectivity index (χ2v) is 4.77. The summed E-state index contributed by atoms with van der Waals surface area (Å²) < 4.78 is 0. The van der Waals surface area contributed by atoms with Crippen LogP contribution in [0.3, 0.4) is 0 Å². The standard InChI is InChI=1S/C13H18/c1-3-7-12-10(5-1)9-11-6-2-4-8-13(11)12/h5,11H,1-4,6-9H2. The number of hydrogen-bond acceptors (Lipinski definition) is 0. The van der Waals surface area contributed by atoms with Crippen molar-refractivity contribution >= 4 is 0 Å². The molecular formula is C13H18. The van der Waals surface area contributed by atoms with Crippen molar-refractivity contribution in [2.45, 2.75) is 51.4 Å². The van der Waals surface area contributed by atoms with Gasteiger partial charge < -0.3 is 0 Å². The lowest BCUT2D eigenvalue weighted by Crippen LogP contribution is -2.05. The van der Waals surface area contributed by atoms with Crippen molar-refractivity contribution in [3.05, 3.63) is 22.8 Å². The van der Waals surface area contributed by atoms with E-state index in [1.54, 1.807) is 11.1 Å². The Morgan fingerprint density at radius 2 is 2.08 bits per heavy atom. The molecule has 0 aromatic rings. The van der Waals surface area contributed by atoms with Crippen LogP contribution < -0.4 is 0 Å². The SMILES string of the molecule is C1=C2CC3CCCCC3=C2CCC1. The van der Waals surface area contributed by atoms with Crippen molar-refractivity contribution in [1.29, 1.82) is 0 Å². The summed E-state index contributed by atoms with van der Waals surface area (Å²) in [4.78, 5) is 0. The van der Waals surface area contributed by atoms with E-state index in [0.717, 1.165) is 5.92 Å². The zero-order valence-corrected chi connectivity index (χ0v) is 8.31. The average molecular weight is 174 g/mol. The summed E-state index contributed by atoms with van der Waals surface area (Å²) in [5.74, 6) is 0.980. The largest absolute Gasteiger partial charge is 0.0810 e. The molecule has 0 heterocycles. The van der Waals surface area contributed by atoms with Gasteiger partial charge in [0.05, 0.1) is 0 Å². The van der Waals surface area contributed by atoms with Crippen LogP contribution in [-0.4, -0.2) is 0 Å². The maximum atomic E-state index is 2.52. The lowest BCUT2D eigenvalue weighted by atomic mass is 9.85. The number of hydrogen-bond donors (Lipinski definition) is 0. The van der Waals surface area contributed by atoms with E-state index in [4.69, 9.17) is 0 Å². The van der Waals surface area contributed by atoms with E-state index in [1.807, 2.05) is 5.57 Å². The zero-order valence-electron chi connectivity index (χ0n) is 8.31. The molecule has 1 saturated carbocycles. The second-order valence-electron chi connectivity index (χ2n) is 4.77. The molecule has 0 nitrogen and oxygen atoms in total. The molecule has 0 saturated heterocycles. The van der Waals surface area contributed by atoms with Crippen LogP contribution >= 0.6 is 0 Å². The summed E-state index contributed by atoms with van der Waals surface area (Å²) in [5, 5.41) is 0. The van der Waals surface area contributed by atoms with E-state index in [9.17, 15) is 0 Å². The maximum Gasteiger partial charge on any atom is -0.0157 e. The van der Waals surface area contributed by atoms with Crippen LogP contribution in [0.4, 0.5) is 0 Å². The van der Waals surface area contributed by atoms with Crippen molar-refractivity contribution in [2.24, 2.45) is 5.92 Å². The molecule has 3 aliphatic carbocycles. The van der Waals surface area contributed by atoms with E-state index in [0.29, 0.717) is 0 Å². The highest BCUT2D eigenvalue weighted by Gasteiger charge is 2.31. The van der Waals surface area contributed by atoms with Gasteiger partial charge in [-0.3, -0.25) is 0 Å². The molecule has 1 atom stereocenters. The summed E-state index contributed by atoms with van der Waals surface area (Å²) in [6.45, 7) is 0. The Morgan fingerprint density at radius 1 is 1.08 bits per heavy atom. The first-order valence-electron chi connectivity index (χ1n) is 5.86. The second kappa shape index (κ2) is 3.01. The molecule has 0 radical (unpaired) electrons. The molecule has 13 heavy (non-hydrogen) atoms. The molecule has 0 heteroatoms. The van der Waals surface area contributed by atoms with Crippen LogP contribution in [0.5, 0.6) is 0 Å². The minimum absolute atomic E-state index is 0.980. The highest BCUT2D eigenvalue weighted by Crippen LogP contribution is 2.47. The molecule has 0 aromatic heterocycles. The van der Waals surface area contributed by atoms with Crippen LogP contribution in [0.1, 0.15) is 51.4 Å². The third-order valence-corrected chi connectivity index (χ3v) is 4.00. The van der Waals surface area contributed by atoms with E-state index in [2.05, 4.69) is 6.08 Å². The Hall–Kier alpha value is -0.520. The minimum atomic E-state index is 0.980. The van der Waals surface area contributed by atoms with Gasteiger partial charge in [0, 0.05) is 0 Å².